The van der Waals surface area contributed by atoms with Crippen LogP contribution in [-0.2, 0) is 6.42 Å². The van der Waals surface area contributed by atoms with Crippen molar-refractivity contribution in [2.24, 2.45) is 0 Å². The second-order valence-corrected chi connectivity index (χ2v) is 5.15. The lowest BCUT2D eigenvalue weighted by Crippen LogP contribution is -2.02. The molecular formula is C17H23N3O. The Bertz CT molecular complexity index is 594. The van der Waals surface area contributed by atoms with E-state index in [1.165, 1.54) is 18.4 Å². The second kappa shape index (κ2) is 7.07. The van der Waals surface area contributed by atoms with Gasteiger partial charge < -0.3 is 10.1 Å². The Labute approximate surface area is 126 Å². The van der Waals surface area contributed by atoms with Gasteiger partial charge in [0.05, 0.1) is 5.56 Å². The van der Waals surface area contributed by atoms with Gasteiger partial charge in [0, 0.05) is 7.05 Å². The van der Waals surface area contributed by atoms with E-state index in [2.05, 4.69) is 34.3 Å². The first-order chi connectivity index (χ1) is 10.1. The third-order valence-electron chi connectivity index (χ3n) is 3.41. The first kappa shape index (κ1) is 15.3. The molecule has 2 rings (SSSR count). The van der Waals surface area contributed by atoms with Crippen LogP contribution in [0.25, 0.3) is 0 Å². The molecule has 21 heavy (non-hydrogen) atoms. The molecule has 0 fully saturated rings. The summed E-state index contributed by atoms with van der Waals surface area (Å²) < 4.78 is 5.90. The molecule has 1 aromatic heterocycles. The molecule has 0 unspecified atom stereocenters. The van der Waals surface area contributed by atoms with Crippen molar-refractivity contribution in [3.8, 4) is 11.6 Å². The van der Waals surface area contributed by atoms with Gasteiger partial charge in [-0.15, -0.1) is 0 Å². The van der Waals surface area contributed by atoms with E-state index >= 15 is 0 Å². The summed E-state index contributed by atoms with van der Waals surface area (Å²) in [6.07, 6.45) is 3.55. The number of nitrogens with zero attached hydrogens (tertiary/aromatic N) is 2. The molecule has 112 valence electrons. The zero-order chi connectivity index (χ0) is 15.2. The maximum atomic E-state index is 5.90. The number of unbranched alkanes of at least 4 members (excludes halogenated alkanes) is 1. The Balaban J connectivity index is 2.16. The van der Waals surface area contributed by atoms with Gasteiger partial charge in [-0.2, -0.15) is 4.98 Å². The highest BCUT2D eigenvalue weighted by Crippen LogP contribution is 2.27. The van der Waals surface area contributed by atoms with Crippen LogP contribution in [0.4, 0.5) is 5.82 Å². The van der Waals surface area contributed by atoms with Gasteiger partial charge in [-0.1, -0.05) is 25.5 Å². The number of anilines is 1. The standard InChI is InChI=1S/C17H23N3O/c1-5-6-7-14-8-10-15(11-9-14)21-17-12(2)16(18-4)19-13(3)20-17/h8-11H,5-7H2,1-4H3,(H,18,19,20). The second-order valence-electron chi connectivity index (χ2n) is 5.15. The minimum absolute atomic E-state index is 0.605. The topological polar surface area (TPSA) is 47.0 Å². The number of nitrogens with one attached hydrogen (secondary N) is 1. The molecule has 1 N–H and O–H groups in total. The monoisotopic (exact) mass is 285 g/mol. The predicted octanol–water partition coefficient (Wildman–Crippen LogP) is 4.27. The minimum atomic E-state index is 0.605. The lowest BCUT2D eigenvalue weighted by atomic mass is 10.1. The van der Waals surface area contributed by atoms with Crippen LogP contribution in [0.3, 0.4) is 0 Å². The molecule has 0 saturated carbocycles. The van der Waals surface area contributed by atoms with E-state index in [0.717, 1.165) is 23.6 Å². The SMILES string of the molecule is CCCCc1ccc(Oc2nc(C)nc(NC)c2C)cc1. The Hall–Kier alpha value is -2.10. The molecule has 2 aromatic rings. The minimum Gasteiger partial charge on any atom is -0.439 e. The van der Waals surface area contributed by atoms with Crippen molar-refractivity contribution in [2.75, 3.05) is 12.4 Å². The van der Waals surface area contributed by atoms with Crippen molar-refractivity contribution >= 4 is 5.82 Å². The highest BCUT2D eigenvalue weighted by atomic mass is 16.5. The normalized spacial score (nSPS) is 10.5. The van der Waals surface area contributed by atoms with Crippen molar-refractivity contribution in [1.82, 2.24) is 9.97 Å². The summed E-state index contributed by atoms with van der Waals surface area (Å²) in [5, 5.41) is 3.06. The maximum absolute atomic E-state index is 5.90. The number of rotatable bonds is 6. The van der Waals surface area contributed by atoms with Crippen LogP contribution in [0.1, 0.15) is 36.7 Å². The number of hydrogen-bond donors (Lipinski definition) is 1. The van der Waals surface area contributed by atoms with E-state index in [0.29, 0.717) is 11.7 Å². The summed E-state index contributed by atoms with van der Waals surface area (Å²) in [6, 6.07) is 8.24. The Morgan fingerprint density at radius 2 is 1.81 bits per heavy atom. The predicted molar refractivity (Wildman–Crippen MR) is 86.2 cm³/mol. The van der Waals surface area contributed by atoms with Gasteiger partial charge in [0.2, 0.25) is 5.88 Å². The summed E-state index contributed by atoms with van der Waals surface area (Å²) >= 11 is 0. The van der Waals surface area contributed by atoms with Gasteiger partial charge in [-0.25, -0.2) is 4.98 Å². The first-order valence-corrected chi connectivity index (χ1v) is 7.43. The first-order valence-electron chi connectivity index (χ1n) is 7.43. The maximum Gasteiger partial charge on any atom is 0.227 e. The van der Waals surface area contributed by atoms with Crippen LogP contribution >= 0.6 is 0 Å². The molecule has 0 bridgehead atoms. The molecule has 0 spiro atoms. The fourth-order valence-electron chi connectivity index (χ4n) is 2.16. The number of benzene rings is 1. The van der Waals surface area contributed by atoms with E-state index < -0.39 is 0 Å². The van der Waals surface area contributed by atoms with E-state index in [4.69, 9.17) is 4.74 Å². The Morgan fingerprint density at radius 1 is 1.10 bits per heavy atom. The van der Waals surface area contributed by atoms with Crippen molar-refractivity contribution < 1.29 is 4.74 Å². The lowest BCUT2D eigenvalue weighted by molar-refractivity contribution is 0.456. The average Bonchev–Trinajstić information content (AvgIpc) is 2.49. The number of aryl methyl sites for hydroxylation is 2. The van der Waals surface area contributed by atoms with Crippen molar-refractivity contribution in [3.05, 3.63) is 41.2 Å². The number of hydrogen-bond acceptors (Lipinski definition) is 4. The van der Waals surface area contributed by atoms with Crippen molar-refractivity contribution in [2.45, 2.75) is 40.0 Å². The molecule has 0 radical (unpaired) electrons. The van der Waals surface area contributed by atoms with Gasteiger partial charge in [-0.3, -0.25) is 0 Å². The van der Waals surface area contributed by atoms with Crippen LogP contribution in [-0.4, -0.2) is 17.0 Å². The van der Waals surface area contributed by atoms with Crippen LogP contribution in [0.15, 0.2) is 24.3 Å². The van der Waals surface area contributed by atoms with Gasteiger partial charge in [-0.05, 0) is 44.4 Å². The van der Waals surface area contributed by atoms with Crippen LogP contribution in [0, 0.1) is 13.8 Å². The van der Waals surface area contributed by atoms with Gasteiger partial charge in [0.1, 0.15) is 17.4 Å². The van der Waals surface area contributed by atoms with E-state index in [1.54, 1.807) is 0 Å². The molecule has 4 heteroatoms. The molecular weight excluding hydrogens is 262 g/mol. The highest BCUT2D eigenvalue weighted by Gasteiger charge is 2.10. The van der Waals surface area contributed by atoms with Crippen molar-refractivity contribution in [3.63, 3.8) is 0 Å². The third-order valence-corrected chi connectivity index (χ3v) is 3.41. The largest absolute Gasteiger partial charge is 0.439 e. The van der Waals surface area contributed by atoms with Gasteiger partial charge in [0.25, 0.3) is 0 Å². The zero-order valence-electron chi connectivity index (χ0n) is 13.2. The number of aromatic nitrogens is 2. The molecule has 0 aliphatic rings. The molecule has 0 amide bonds. The van der Waals surface area contributed by atoms with E-state index in [9.17, 15) is 0 Å². The molecule has 0 saturated heterocycles. The average molecular weight is 285 g/mol. The lowest BCUT2D eigenvalue weighted by Gasteiger charge is -2.12. The molecule has 4 nitrogen and oxygen atoms in total. The third kappa shape index (κ3) is 3.94. The molecule has 0 aliphatic carbocycles. The fraction of sp³-hybridized carbons (Fsp3) is 0.412. The fourth-order valence-corrected chi connectivity index (χ4v) is 2.16. The van der Waals surface area contributed by atoms with Crippen LogP contribution in [0.2, 0.25) is 0 Å². The highest BCUT2D eigenvalue weighted by molar-refractivity contribution is 5.49. The molecule has 1 heterocycles. The molecule has 0 aliphatic heterocycles. The van der Waals surface area contributed by atoms with Gasteiger partial charge >= 0.3 is 0 Å². The molecule has 1 aromatic carbocycles. The summed E-state index contributed by atoms with van der Waals surface area (Å²) in [5.41, 5.74) is 2.26. The summed E-state index contributed by atoms with van der Waals surface area (Å²) in [6.45, 7) is 6.02. The van der Waals surface area contributed by atoms with Gasteiger partial charge in [0.15, 0.2) is 0 Å². The Morgan fingerprint density at radius 3 is 2.43 bits per heavy atom. The zero-order valence-corrected chi connectivity index (χ0v) is 13.2. The number of ether oxygens (including phenoxy) is 1. The Kier molecular flexibility index (Phi) is 5.14. The molecule has 0 atom stereocenters. The van der Waals surface area contributed by atoms with Crippen LogP contribution < -0.4 is 10.1 Å². The summed E-state index contributed by atoms with van der Waals surface area (Å²) in [5.74, 6) is 2.91. The van der Waals surface area contributed by atoms with E-state index in [1.807, 2.05) is 33.0 Å². The quantitative estimate of drug-likeness (QED) is 0.861. The van der Waals surface area contributed by atoms with Crippen molar-refractivity contribution in [1.29, 1.82) is 0 Å². The van der Waals surface area contributed by atoms with Crippen LogP contribution in [0.5, 0.6) is 11.6 Å². The smallest absolute Gasteiger partial charge is 0.227 e. The van der Waals surface area contributed by atoms with E-state index in [-0.39, 0.29) is 0 Å². The summed E-state index contributed by atoms with van der Waals surface area (Å²) in [7, 11) is 1.85. The summed E-state index contributed by atoms with van der Waals surface area (Å²) in [4.78, 5) is 8.71.